The number of rotatable bonds is 3. The zero-order valence-electron chi connectivity index (χ0n) is 7.51. The average molecular weight is 167 g/mol. The summed E-state index contributed by atoms with van der Waals surface area (Å²) in [4.78, 5) is 11.1. The van der Waals surface area contributed by atoms with Crippen molar-refractivity contribution in [2.24, 2.45) is 5.73 Å². The van der Waals surface area contributed by atoms with E-state index in [1.54, 1.807) is 0 Å². The van der Waals surface area contributed by atoms with Gasteiger partial charge in [0.05, 0.1) is 0 Å². The standard InChI is InChI=1S/C10H17NO/c1-2-9(12)8-10(11)6-4-3-5-7-10/h2H,1,3-8,11H2. The Balaban J connectivity index is 2.46. The van der Waals surface area contributed by atoms with Crippen LogP contribution in [0.1, 0.15) is 38.5 Å². The van der Waals surface area contributed by atoms with Crippen LogP contribution in [0, 0.1) is 0 Å². The lowest BCUT2D eigenvalue weighted by Crippen LogP contribution is -2.43. The van der Waals surface area contributed by atoms with Gasteiger partial charge in [0.2, 0.25) is 0 Å². The fraction of sp³-hybridized carbons (Fsp3) is 0.700. The highest BCUT2D eigenvalue weighted by atomic mass is 16.1. The van der Waals surface area contributed by atoms with Gasteiger partial charge in [-0.15, -0.1) is 0 Å². The van der Waals surface area contributed by atoms with Gasteiger partial charge >= 0.3 is 0 Å². The molecule has 0 heterocycles. The number of nitrogens with two attached hydrogens (primary N) is 1. The average Bonchev–Trinajstić information content (AvgIpc) is 2.05. The van der Waals surface area contributed by atoms with Gasteiger partial charge in [0.15, 0.2) is 5.78 Å². The molecule has 2 nitrogen and oxygen atoms in total. The third kappa shape index (κ3) is 2.45. The zero-order chi connectivity index (χ0) is 9.03. The number of ketones is 1. The first-order valence-corrected chi connectivity index (χ1v) is 4.60. The highest BCUT2D eigenvalue weighted by molar-refractivity contribution is 5.89. The quantitative estimate of drug-likeness (QED) is 0.651. The van der Waals surface area contributed by atoms with E-state index in [0.29, 0.717) is 6.42 Å². The van der Waals surface area contributed by atoms with Gasteiger partial charge < -0.3 is 5.73 Å². The van der Waals surface area contributed by atoms with Crippen LogP contribution in [0.5, 0.6) is 0 Å². The molecule has 0 aromatic heterocycles. The molecule has 0 radical (unpaired) electrons. The van der Waals surface area contributed by atoms with E-state index in [1.165, 1.54) is 25.3 Å². The van der Waals surface area contributed by atoms with Crippen LogP contribution in [-0.4, -0.2) is 11.3 Å². The minimum absolute atomic E-state index is 0.0828. The SMILES string of the molecule is C=CC(=O)CC1(N)CCCCC1. The van der Waals surface area contributed by atoms with E-state index in [-0.39, 0.29) is 11.3 Å². The second kappa shape index (κ2) is 3.85. The molecule has 1 fully saturated rings. The normalized spacial score (nSPS) is 21.8. The van der Waals surface area contributed by atoms with E-state index in [0.717, 1.165) is 12.8 Å². The molecule has 1 aliphatic rings. The molecule has 12 heavy (non-hydrogen) atoms. The number of carbonyl (C=O) groups excluding carboxylic acids is 1. The summed E-state index contributed by atoms with van der Waals surface area (Å²) in [5.74, 6) is 0.0828. The molecule has 0 unspecified atom stereocenters. The van der Waals surface area contributed by atoms with Crippen LogP contribution in [-0.2, 0) is 4.79 Å². The van der Waals surface area contributed by atoms with Crippen molar-refractivity contribution in [3.63, 3.8) is 0 Å². The van der Waals surface area contributed by atoms with Crippen LogP contribution in [0.3, 0.4) is 0 Å². The summed E-state index contributed by atoms with van der Waals surface area (Å²) in [6.07, 6.45) is 7.45. The number of allylic oxidation sites excluding steroid dienone is 1. The molecule has 2 N–H and O–H groups in total. The summed E-state index contributed by atoms with van der Waals surface area (Å²) >= 11 is 0. The van der Waals surface area contributed by atoms with Crippen molar-refractivity contribution in [1.29, 1.82) is 0 Å². The minimum atomic E-state index is -0.219. The maximum Gasteiger partial charge on any atom is 0.156 e. The van der Waals surface area contributed by atoms with Crippen molar-refractivity contribution < 1.29 is 4.79 Å². The van der Waals surface area contributed by atoms with Crippen LogP contribution in [0.4, 0.5) is 0 Å². The lowest BCUT2D eigenvalue weighted by Gasteiger charge is -2.32. The minimum Gasteiger partial charge on any atom is -0.325 e. The summed E-state index contributed by atoms with van der Waals surface area (Å²) < 4.78 is 0. The maximum atomic E-state index is 11.1. The zero-order valence-corrected chi connectivity index (χ0v) is 7.51. The molecule has 0 spiro atoms. The number of hydrogen-bond donors (Lipinski definition) is 1. The van der Waals surface area contributed by atoms with E-state index >= 15 is 0 Å². The summed E-state index contributed by atoms with van der Waals surface area (Å²) in [5.41, 5.74) is 5.85. The fourth-order valence-corrected chi connectivity index (χ4v) is 1.85. The van der Waals surface area contributed by atoms with Crippen LogP contribution >= 0.6 is 0 Å². The molecule has 1 rings (SSSR count). The predicted octanol–water partition coefficient (Wildman–Crippen LogP) is 1.79. The lowest BCUT2D eigenvalue weighted by atomic mass is 9.79. The molecule has 0 aliphatic heterocycles. The summed E-state index contributed by atoms with van der Waals surface area (Å²) in [5, 5.41) is 0. The number of carbonyl (C=O) groups is 1. The van der Waals surface area contributed by atoms with Crippen molar-refractivity contribution in [2.75, 3.05) is 0 Å². The Bertz CT molecular complexity index is 180. The van der Waals surface area contributed by atoms with Crippen LogP contribution < -0.4 is 5.73 Å². The topological polar surface area (TPSA) is 43.1 Å². The van der Waals surface area contributed by atoms with Crippen molar-refractivity contribution in [3.05, 3.63) is 12.7 Å². The van der Waals surface area contributed by atoms with Gasteiger partial charge in [-0.05, 0) is 18.9 Å². The van der Waals surface area contributed by atoms with Crippen molar-refractivity contribution in [2.45, 2.75) is 44.1 Å². The van der Waals surface area contributed by atoms with Gasteiger partial charge in [0, 0.05) is 12.0 Å². The van der Waals surface area contributed by atoms with Gasteiger partial charge in [0.25, 0.3) is 0 Å². The Morgan fingerprint density at radius 3 is 2.50 bits per heavy atom. The Hall–Kier alpha value is -0.630. The molecule has 0 bridgehead atoms. The van der Waals surface area contributed by atoms with E-state index in [4.69, 9.17) is 5.73 Å². The Labute approximate surface area is 73.8 Å². The lowest BCUT2D eigenvalue weighted by molar-refractivity contribution is -0.115. The Morgan fingerprint density at radius 1 is 1.42 bits per heavy atom. The first-order valence-electron chi connectivity index (χ1n) is 4.60. The summed E-state index contributed by atoms with van der Waals surface area (Å²) in [6.45, 7) is 3.45. The third-order valence-corrected chi connectivity index (χ3v) is 2.60. The highest BCUT2D eigenvalue weighted by Gasteiger charge is 2.28. The smallest absolute Gasteiger partial charge is 0.156 e. The second-order valence-corrected chi connectivity index (χ2v) is 3.77. The third-order valence-electron chi connectivity index (χ3n) is 2.60. The molecule has 0 aromatic rings. The Morgan fingerprint density at radius 2 is 2.00 bits per heavy atom. The van der Waals surface area contributed by atoms with Crippen LogP contribution in [0.15, 0.2) is 12.7 Å². The van der Waals surface area contributed by atoms with E-state index in [9.17, 15) is 4.79 Å². The van der Waals surface area contributed by atoms with Crippen molar-refractivity contribution >= 4 is 5.78 Å². The van der Waals surface area contributed by atoms with E-state index in [2.05, 4.69) is 6.58 Å². The molecule has 1 saturated carbocycles. The second-order valence-electron chi connectivity index (χ2n) is 3.77. The molecular weight excluding hydrogens is 150 g/mol. The maximum absolute atomic E-state index is 11.1. The Kier molecular flexibility index (Phi) is 3.04. The highest BCUT2D eigenvalue weighted by Crippen LogP contribution is 2.28. The summed E-state index contributed by atoms with van der Waals surface area (Å²) in [6, 6.07) is 0. The van der Waals surface area contributed by atoms with Crippen LogP contribution in [0.2, 0.25) is 0 Å². The van der Waals surface area contributed by atoms with Gasteiger partial charge in [-0.2, -0.15) is 0 Å². The first kappa shape index (κ1) is 9.46. The predicted molar refractivity (Wildman–Crippen MR) is 49.8 cm³/mol. The monoisotopic (exact) mass is 167 g/mol. The van der Waals surface area contributed by atoms with Crippen LogP contribution in [0.25, 0.3) is 0 Å². The first-order chi connectivity index (χ1) is 5.66. The van der Waals surface area contributed by atoms with Gasteiger partial charge in [-0.3, -0.25) is 4.79 Å². The van der Waals surface area contributed by atoms with Crippen molar-refractivity contribution in [3.8, 4) is 0 Å². The van der Waals surface area contributed by atoms with E-state index < -0.39 is 0 Å². The molecule has 2 heteroatoms. The van der Waals surface area contributed by atoms with Crippen molar-refractivity contribution in [1.82, 2.24) is 0 Å². The summed E-state index contributed by atoms with van der Waals surface area (Å²) in [7, 11) is 0. The fourth-order valence-electron chi connectivity index (χ4n) is 1.85. The van der Waals surface area contributed by atoms with Gasteiger partial charge in [-0.25, -0.2) is 0 Å². The largest absolute Gasteiger partial charge is 0.325 e. The molecule has 0 aromatic carbocycles. The van der Waals surface area contributed by atoms with E-state index in [1.807, 2.05) is 0 Å². The molecule has 0 saturated heterocycles. The molecule has 1 aliphatic carbocycles. The molecule has 0 atom stereocenters. The number of hydrogen-bond acceptors (Lipinski definition) is 2. The van der Waals surface area contributed by atoms with Gasteiger partial charge in [0.1, 0.15) is 0 Å². The molecule has 0 amide bonds. The molecular formula is C10H17NO. The molecule has 68 valence electrons. The van der Waals surface area contributed by atoms with Gasteiger partial charge in [-0.1, -0.05) is 25.8 Å².